The fraction of sp³-hybridized carbons (Fsp3) is 1.00. The van der Waals surface area contributed by atoms with Crippen molar-refractivity contribution in [1.29, 1.82) is 0 Å². The van der Waals surface area contributed by atoms with Crippen molar-refractivity contribution in [1.82, 2.24) is 10.2 Å². The molecule has 16 heavy (non-hydrogen) atoms. The first-order valence-corrected chi connectivity index (χ1v) is 6.75. The van der Waals surface area contributed by atoms with Crippen LogP contribution in [-0.2, 0) is 0 Å². The van der Waals surface area contributed by atoms with E-state index in [0.29, 0.717) is 12.0 Å². The van der Waals surface area contributed by atoms with Crippen LogP contribution in [0.2, 0.25) is 0 Å². The van der Waals surface area contributed by atoms with Gasteiger partial charge in [-0.05, 0) is 44.8 Å². The maximum Gasteiger partial charge on any atom is 0.0667 e. The van der Waals surface area contributed by atoms with Crippen LogP contribution < -0.4 is 5.32 Å². The van der Waals surface area contributed by atoms with Crippen molar-refractivity contribution < 1.29 is 5.11 Å². The zero-order valence-corrected chi connectivity index (χ0v) is 11.1. The minimum absolute atomic E-state index is 0.177. The van der Waals surface area contributed by atoms with E-state index in [1.54, 1.807) is 0 Å². The highest BCUT2D eigenvalue weighted by Gasteiger charge is 2.18. The molecule has 0 aromatic carbocycles. The second-order valence-corrected chi connectivity index (χ2v) is 5.40. The van der Waals surface area contributed by atoms with Crippen LogP contribution in [0.3, 0.4) is 0 Å². The molecule has 3 nitrogen and oxygen atoms in total. The summed E-state index contributed by atoms with van der Waals surface area (Å²) in [4.78, 5) is 2.49. The monoisotopic (exact) mass is 228 g/mol. The van der Waals surface area contributed by atoms with Crippen LogP contribution in [-0.4, -0.2) is 48.3 Å². The van der Waals surface area contributed by atoms with E-state index in [-0.39, 0.29) is 6.10 Å². The van der Waals surface area contributed by atoms with Gasteiger partial charge >= 0.3 is 0 Å². The fourth-order valence-electron chi connectivity index (χ4n) is 2.38. The van der Waals surface area contributed by atoms with E-state index in [9.17, 15) is 5.11 Å². The molecule has 1 unspecified atom stereocenters. The van der Waals surface area contributed by atoms with Crippen molar-refractivity contribution in [2.45, 2.75) is 52.2 Å². The molecule has 1 atom stereocenters. The van der Waals surface area contributed by atoms with Crippen LogP contribution >= 0.6 is 0 Å². The van der Waals surface area contributed by atoms with E-state index in [0.717, 1.165) is 13.0 Å². The molecule has 1 heterocycles. The lowest BCUT2D eigenvalue weighted by Crippen LogP contribution is -2.44. The van der Waals surface area contributed by atoms with Crippen molar-refractivity contribution in [3.63, 3.8) is 0 Å². The van der Waals surface area contributed by atoms with Crippen molar-refractivity contribution in [3.8, 4) is 0 Å². The summed E-state index contributed by atoms with van der Waals surface area (Å²) in [6.07, 6.45) is 3.18. The van der Waals surface area contributed by atoms with E-state index in [1.807, 2.05) is 0 Å². The number of nitrogens with zero attached hydrogens (tertiary/aromatic N) is 1. The first kappa shape index (κ1) is 13.9. The van der Waals surface area contributed by atoms with E-state index >= 15 is 0 Å². The first-order chi connectivity index (χ1) is 7.61. The molecule has 3 heteroatoms. The number of piperidine rings is 1. The van der Waals surface area contributed by atoms with Gasteiger partial charge < -0.3 is 15.3 Å². The molecule has 0 amide bonds. The molecule has 1 aliphatic heterocycles. The molecular formula is C13H28N2O. The quantitative estimate of drug-likeness (QED) is 0.722. The van der Waals surface area contributed by atoms with Crippen LogP contribution in [0.4, 0.5) is 0 Å². The zero-order chi connectivity index (χ0) is 12.0. The Morgan fingerprint density at radius 1 is 1.31 bits per heavy atom. The number of aliphatic hydroxyl groups is 1. The molecule has 1 aliphatic rings. The number of hydrogen-bond acceptors (Lipinski definition) is 3. The average Bonchev–Trinajstić information content (AvgIpc) is 2.26. The number of aliphatic hydroxyl groups excluding tert-OH is 1. The van der Waals surface area contributed by atoms with Gasteiger partial charge in [0.15, 0.2) is 0 Å². The Morgan fingerprint density at radius 2 is 1.94 bits per heavy atom. The number of likely N-dealkylation sites (tertiary alicyclic amines) is 1. The van der Waals surface area contributed by atoms with Crippen LogP contribution in [0.5, 0.6) is 0 Å². The van der Waals surface area contributed by atoms with Crippen LogP contribution in [0, 0.1) is 5.92 Å². The minimum Gasteiger partial charge on any atom is -0.392 e. The predicted octanol–water partition coefficient (Wildman–Crippen LogP) is 1.47. The Bertz CT molecular complexity index is 177. The van der Waals surface area contributed by atoms with Gasteiger partial charge in [0.25, 0.3) is 0 Å². The van der Waals surface area contributed by atoms with Gasteiger partial charge in [-0.25, -0.2) is 0 Å². The second-order valence-electron chi connectivity index (χ2n) is 5.40. The molecule has 0 aromatic rings. The maximum absolute atomic E-state index is 9.78. The number of rotatable bonds is 6. The van der Waals surface area contributed by atoms with Gasteiger partial charge in [-0.2, -0.15) is 0 Å². The average molecular weight is 228 g/mol. The molecule has 1 rings (SSSR count). The summed E-state index contributed by atoms with van der Waals surface area (Å²) in [6, 6.07) is 0.615. The highest BCUT2D eigenvalue weighted by atomic mass is 16.3. The summed E-state index contributed by atoms with van der Waals surface area (Å²) < 4.78 is 0. The van der Waals surface area contributed by atoms with Crippen molar-refractivity contribution in [2.24, 2.45) is 5.92 Å². The van der Waals surface area contributed by atoms with Crippen molar-refractivity contribution >= 4 is 0 Å². The number of hydrogen-bond donors (Lipinski definition) is 2. The Hall–Kier alpha value is -0.120. The molecule has 2 N–H and O–H groups in total. The van der Waals surface area contributed by atoms with Gasteiger partial charge in [-0.15, -0.1) is 0 Å². The molecule has 0 spiro atoms. The number of nitrogens with one attached hydrogen (secondary N) is 1. The third-order valence-corrected chi connectivity index (χ3v) is 3.42. The lowest BCUT2D eigenvalue weighted by Gasteiger charge is -2.32. The molecule has 0 bridgehead atoms. The zero-order valence-electron chi connectivity index (χ0n) is 11.1. The summed E-state index contributed by atoms with van der Waals surface area (Å²) in [5.41, 5.74) is 0. The summed E-state index contributed by atoms with van der Waals surface area (Å²) in [7, 11) is 0. The highest BCUT2D eigenvalue weighted by molar-refractivity contribution is 4.77. The predicted molar refractivity (Wildman–Crippen MR) is 68.6 cm³/mol. The summed E-state index contributed by atoms with van der Waals surface area (Å²) >= 11 is 0. The molecule has 0 aromatic heterocycles. The lowest BCUT2D eigenvalue weighted by atomic mass is 10.0. The molecule has 0 aliphatic carbocycles. The topological polar surface area (TPSA) is 35.5 Å². The van der Waals surface area contributed by atoms with Gasteiger partial charge in [0.1, 0.15) is 0 Å². The third kappa shape index (κ3) is 5.28. The Balaban J connectivity index is 2.10. The van der Waals surface area contributed by atoms with E-state index in [2.05, 4.69) is 31.0 Å². The lowest BCUT2D eigenvalue weighted by molar-refractivity contribution is 0.132. The Morgan fingerprint density at radius 3 is 2.44 bits per heavy atom. The van der Waals surface area contributed by atoms with Gasteiger partial charge in [0, 0.05) is 12.6 Å². The summed E-state index contributed by atoms with van der Waals surface area (Å²) in [5, 5.41) is 13.3. The molecule has 1 fully saturated rings. The standard InChI is InChI=1S/C13H28N2O/c1-4-15-7-5-12(6-8-15)14-10-13(16)9-11(2)3/h11-14,16H,4-10H2,1-3H3. The summed E-state index contributed by atoms with van der Waals surface area (Å²) in [6.45, 7) is 10.9. The smallest absolute Gasteiger partial charge is 0.0667 e. The molecular weight excluding hydrogens is 200 g/mol. The largest absolute Gasteiger partial charge is 0.392 e. The molecule has 0 radical (unpaired) electrons. The first-order valence-electron chi connectivity index (χ1n) is 6.75. The third-order valence-electron chi connectivity index (χ3n) is 3.42. The molecule has 1 saturated heterocycles. The molecule has 96 valence electrons. The van der Waals surface area contributed by atoms with E-state index in [4.69, 9.17) is 0 Å². The second kappa shape index (κ2) is 7.25. The van der Waals surface area contributed by atoms with E-state index < -0.39 is 0 Å². The Kier molecular flexibility index (Phi) is 6.32. The maximum atomic E-state index is 9.78. The minimum atomic E-state index is -0.177. The van der Waals surface area contributed by atoms with Crippen molar-refractivity contribution in [3.05, 3.63) is 0 Å². The molecule has 0 saturated carbocycles. The van der Waals surface area contributed by atoms with E-state index in [1.165, 1.54) is 32.5 Å². The SMILES string of the molecule is CCN1CCC(NCC(O)CC(C)C)CC1. The van der Waals surface area contributed by atoms with Gasteiger partial charge in [-0.1, -0.05) is 20.8 Å². The van der Waals surface area contributed by atoms with Gasteiger partial charge in [0.2, 0.25) is 0 Å². The summed E-state index contributed by atoms with van der Waals surface area (Å²) in [5.74, 6) is 0.582. The fourth-order valence-corrected chi connectivity index (χ4v) is 2.38. The van der Waals surface area contributed by atoms with Gasteiger partial charge in [-0.3, -0.25) is 0 Å². The highest BCUT2D eigenvalue weighted by Crippen LogP contribution is 2.10. The van der Waals surface area contributed by atoms with Crippen LogP contribution in [0.15, 0.2) is 0 Å². The van der Waals surface area contributed by atoms with Crippen LogP contribution in [0.1, 0.15) is 40.0 Å². The van der Waals surface area contributed by atoms with Crippen LogP contribution in [0.25, 0.3) is 0 Å². The van der Waals surface area contributed by atoms with Gasteiger partial charge in [0.05, 0.1) is 6.10 Å². The Labute approximate surface area is 100 Å². The van der Waals surface area contributed by atoms with Crippen molar-refractivity contribution in [2.75, 3.05) is 26.2 Å². The normalized spacial score (nSPS) is 21.6.